The Kier molecular flexibility index (Phi) is 6.35. The van der Waals surface area contributed by atoms with Crippen LogP contribution in [0.1, 0.15) is 47.2 Å². The summed E-state index contributed by atoms with van der Waals surface area (Å²) < 4.78 is 18.6. The van der Waals surface area contributed by atoms with E-state index in [9.17, 15) is 14.0 Å². The predicted molar refractivity (Wildman–Crippen MR) is 122 cm³/mol. The summed E-state index contributed by atoms with van der Waals surface area (Å²) in [6.45, 7) is 2.85. The molecule has 2 N–H and O–H groups in total. The summed E-state index contributed by atoms with van der Waals surface area (Å²) >= 11 is 0. The van der Waals surface area contributed by atoms with Crippen molar-refractivity contribution in [2.45, 2.75) is 37.7 Å². The fourth-order valence-electron chi connectivity index (χ4n) is 4.55. The first kappa shape index (κ1) is 22.8. The van der Waals surface area contributed by atoms with E-state index in [0.29, 0.717) is 35.9 Å². The lowest BCUT2D eigenvalue weighted by atomic mass is 9.83. The van der Waals surface area contributed by atoms with Crippen molar-refractivity contribution in [1.82, 2.24) is 4.90 Å². The number of nitrogens with two attached hydrogens (primary N) is 1. The van der Waals surface area contributed by atoms with Crippen LogP contribution in [0.5, 0.6) is 5.75 Å². The monoisotopic (exact) mass is 453 g/mol. The normalized spacial score (nSPS) is 22.8. The number of carbonyl (C=O) groups excluding carboxylic acids is 2. The molecule has 174 valence electrons. The molecule has 2 aromatic rings. The zero-order chi connectivity index (χ0) is 23.6. The predicted octanol–water partition coefficient (Wildman–Crippen LogP) is 3.27. The molecule has 33 heavy (non-hydrogen) atoms. The van der Waals surface area contributed by atoms with Gasteiger partial charge < -0.3 is 20.2 Å². The molecule has 2 aliphatic heterocycles. The lowest BCUT2D eigenvalue weighted by Gasteiger charge is -2.32. The second kappa shape index (κ2) is 9.21. The minimum absolute atomic E-state index is 0.120. The second-order valence-electron chi connectivity index (χ2n) is 8.82. The van der Waals surface area contributed by atoms with E-state index in [1.807, 2.05) is 17.0 Å². The Morgan fingerprint density at radius 2 is 1.91 bits per heavy atom. The minimum atomic E-state index is -1.31. The highest BCUT2D eigenvalue weighted by atomic mass is 19.1. The van der Waals surface area contributed by atoms with Crippen LogP contribution < -0.4 is 10.5 Å². The first-order chi connectivity index (χ1) is 15.8. The summed E-state index contributed by atoms with van der Waals surface area (Å²) in [5, 5.41) is 3.80. The van der Waals surface area contributed by atoms with Crippen LogP contribution in [0.15, 0.2) is 47.6 Å². The van der Waals surface area contributed by atoms with Crippen LogP contribution in [-0.4, -0.2) is 48.7 Å². The van der Waals surface area contributed by atoms with E-state index in [2.05, 4.69) is 5.16 Å². The van der Waals surface area contributed by atoms with Crippen molar-refractivity contribution >= 4 is 18.0 Å². The maximum Gasteiger partial charge on any atom is 0.265 e. The number of nitrogens with zero attached hydrogens (tertiary/aromatic N) is 2. The Hall–Kier alpha value is -3.42. The van der Waals surface area contributed by atoms with Crippen LogP contribution in [0.3, 0.4) is 0 Å². The number of piperidine rings is 1. The van der Waals surface area contributed by atoms with Gasteiger partial charge in [0.2, 0.25) is 5.60 Å². The highest BCUT2D eigenvalue weighted by molar-refractivity contribution is 5.98. The molecule has 2 heterocycles. The molecule has 0 saturated carbocycles. The second-order valence-corrected chi connectivity index (χ2v) is 8.82. The van der Waals surface area contributed by atoms with Crippen LogP contribution >= 0.6 is 0 Å². The van der Waals surface area contributed by atoms with Crippen molar-refractivity contribution in [1.29, 1.82) is 0 Å². The van der Waals surface area contributed by atoms with Crippen LogP contribution in [0.2, 0.25) is 0 Å². The van der Waals surface area contributed by atoms with Crippen LogP contribution in [0, 0.1) is 11.7 Å². The molecule has 0 spiro atoms. The van der Waals surface area contributed by atoms with Gasteiger partial charge in [0, 0.05) is 13.1 Å². The van der Waals surface area contributed by atoms with Crippen molar-refractivity contribution in [3.8, 4) is 5.75 Å². The number of oxime groups is 1. The first-order valence-corrected chi connectivity index (χ1v) is 11.0. The largest absolute Gasteiger partial charge is 0.496 e. The fraction of sp³-hybridized carbons (Fsp3) is 0.400. The Balaban J connectivity index is 1.48. The number of hydrogen-bond donors (Lipinski definition) is 1. The van der Waals surface area contributed by atoms with E-state index in [4.69, 9.17) is 15.3 Å². The van der Waals surface area contributed by atoms with E-state index in [1.165, 1.54) is 25.5 Å². The molecule has 8 heteroatoms. The number of primary amides is 1. The maximum absolute atomic E-state index is 13.4. The van der Waals surface area contributed by atoms with Gasteiger partial charge in [0.05, 0.1) is 24.8 Å². The molecular formula is C25H28FN3O4. The van der Waals surface area contributed by atoms with Crippen LogP contribution in [-0.2, 0) is 16.1 Å². The molecule has 7 nitrogen and oxygen atoms in total. The summed E-state index contributed by atoms with van der Waals surface area (Å²) in [5.41, 5.74) is 6.47. The summed E-state index contributed by atoms with van der Waals surface area (Å²) in [4.78, 5) is 32.5. The van der Waals surface area contributed by atoms with E-state index in [0.717, 1.165) is 24.8 Å². The number of halogens is 1. The van der Waals surface area contributed by atoms with E-state index >= 15 is 0 Å². The zero-order valence-electron chi connectivity index (χ0n) is 18.8. The van der Waals surface area contributed by atoms with Crippen molar-refractivity contribution in [2.75, 3.05) is 20.2 Å². The Labute approximate surface area is 192 Å². The van der Waals surface area contributed by atoms with Crippen LogP contribution in [0.25, 0.3) is 0 Å². The SMILES string of the molecule is COc1ccc(C2C=NOC2(C)C(N)=O)cc1C(=O)N1CCC(Cc2ccc(F)cc2)CC1. The molecule has 1 fully saturated rings. The van der Waals surface area contributed by atoms with Crippen molar-refractivity contribution in [3.63, 3.8) is 0 Å². The average Bonchev–Trinajstić information content (AvgIpc) is 3.23. The molecule has 0 bridgehead atoms. The van der Waals surface area contributed by atoms with Gasteiger partial charge in [0.25, 0.3) is 11.8 Å². The highest BCUT2D eigenvalue weighted by Crippen LogP contribution is 2.37. The molecule has 2 atom stereocenters. The number of ether oxygens (including phenoxy) is 1. The molecule has 0 aromatic heterocycles. The molecule has 2 amide bonds. The Morgan fingerprint density at radius 1 is 1.21 bits per heavy atom. The average molecular weight is 454 g/mol. The maximum atomic E-state index is 13.4. The number of hydrogen-bond acceptors (Lipinski definition) is 5. The Bertz CT molecular complexity index is 1060. The molecule has 1 saturated heterocycles. The summed E-state index contributed by atoms with van der Waals surface area (Å²) in [7, 11) is 1.52. The van der Waals surface area contributed by atoms with Gasteiger partial charge >= 0.3 is 0 Å². The van der Waals surface area contributed by atoms with Gasteiger partial charge in [-0.3, -0.25) is 9.59 Å². The number of rotatable bonds is 6. The third-order valence-corrected chi connectivity index (χ3v) is 6.69. The van der Waals surface area contributed by atoms with E-state index < -0.39 is 17.4 Å². The minimum Gasteiger partial charge on any atom is -0.496 e. The Morgan fingerprint density at radius 3 is 2.55 bits per heavy atom. The standard InChI is InChI=1S/C25H28FN3O4/c1-25(24(27)31)21(15-28-33-25)18-5-8-22(32-2)20(14-18)23(30)29-11-9-17(10-12-29)13-16-3-6-19(26)7-4-16/h3-8,14-15,17,21H,9-13H2,1-2H3,(H2,27,31). The number of likely N-dealkylation sites (tertiary alicyclic amines) is 1. The number of methoxy groups -OCH3 is 1. The summed E-state index contributed by atoms with van der Waals surface area (Å²) in [6, 6.07) is 11.8. The lowest BCUT2D eigenvalue weighted by molar-refractivity contribution is -0.139. The van der Waals surface area contributed by atoms with Crippen molar-refractivity contribution in [2.24, 2.45) is 16.8 Å². The molecule has 4 rings (SSSR count). The number of carbonyl (C=O) groups is 2. The molecular weight excluding hydrogens is 425 g/mol. The molecule has 2 unspecified atom stereocenters. The summed E-state index contributed by atoms with van der Waals surface area (Å²) in [6.07, 6.45) is 4.14. The number of amides is 2. The highest BCUT2D eigenvalue weighted by Gasteiger charge is 2.46. The van der Waals surface area contributed by atoms with Gasteiger partial charge in [0.1, 0.15) is 11.6 Å². The zero-order valence-corrected chi connectivity index (χ0v) is 18.8. The van der Waals surface area contributed by atoms with Gasteiger partial charge in [-0.1, -0.05) is 23.4 Å². The van der Waals surface area contributed by atoms with Gasteiger partial charge in [0.15, 0.2) is 0 Å². The van der Waals surface area contributed by atoms with Gasteiger partial charge in [-0.15, -0.1) is 0 Å². The smallest absolute Gasteiger partial charge is 0.265 e. The topological polar surface area (TPSA) is 94.2 Å². The number of benzene rings is 2. The van der Waals surface area contributed by atoms with Crippen molar-refractivity contribution in [3.05, 3.63) is 65.0 Å². The van der Waals surface area contributed by atoms with Crippen LogP contribution in [0.4, 0.5) is 4.39 Å². The van der Waals surface area contributed by atoms with E-state index in [1.54, 1.807) is 25.1 Å². The third kappa shape index (κ3) is 4.55. The summed E-state index contributed by atoms with van der Waals surface area (Å²) in [5.74, 6) is -0.581. The van der Waals surface area contributed by atoms with E-state index in [-0.39, 0.29) is 11.7 Å². The molecule has 0 radical (unpaired) electrons. The van der Waals surface area contributed by atoms with Crippen molar-refractivity contribution < 1.29 is 23.6 Å². The third-order valence-electron chi connectivity index (χ3n) is 6.69. The first-order valence-electron chi connectivity index (χ1n) is 11.0. The van der Waals surface area contributed by atoms with Gasteiger partial charge in [-0.2, -0.15) is 0 Å². The van der Waals surface area contributed by atoms with Gasteiger partial charge in [-0.25, -0.2) is 4.39 Å². The fourth-order valence-corrected chi connectivity index (χ4v) is 4.55. The molecule has 2 aliphatic rings. The molecule has 2 aromatic carbocycles. The van der Waals surface area contributed by atoms with Gasteiger partial charge in [-0.05, 0) is 67.5 Å². The lowest BCUT2D eigenvalue weighted by Crippen LogP contribution is -2.45. The quantitative estimate of drug-likeness (QED) is 0.726. The molecule has 0 aliphatic carbocycles.